The summed E-state index contributed by atoms with van der Waals surface area (Å²) in [4.78, 5) is 33.9. The number of hydrogen-bond acceptors (Lipinski definition) is 4. The Kier molecular flexibility index (Phi) is 6.18. The number of carbonyl (C=O) groups is 3. The quantitative estimate of drug-likeness (QED) is 0.819. The van der Waals surface area contributed by atoms with Crippen molar-refractivity contribution >= 4 is 34.9 Å². The lowest BCUT2D eigenvalue weighted by molar-refractivity contribution is -0.153. The van der Waals surface area contributed by atoms with Crippen LogP contribution in [0, 0.1) is 0 Å². The van der Waals surface area contributed by atoms with Crippen molar-refractivity contribution in [3.8, 4) is 0 Å². The second kappa shape index (κ2) is 7.65. The lowest BCUT2D eigenvalue weighted by atomic mass is 10.2. The molecule has 0 saturated carbocycles. The van der Waals surface area contributed by atoms with Crippen molar-refractivity contribution in [1.29, 1.82) is 0 Å². The fourth-order valence-corrected chi connectivity index (χ4v) is 1.49. The third-order valence-corrected chi connectivity index (χ3v) is 2.72. The number of ether oxygens (including phenoxy) is 1. The molecule has 0 unspecified atom stereocenters. The molecule has 1 N–H and O–H groups in total. The van der Waals surface area contributed by atoms with Gasteiger partial charge in [-0.25, -0.2) is 0 Å². The van der Waals surface area contributed by atoms with Gasteiger partial charge in [0.2, 0.25) is 0 Å². The van der Waals surface area contributed by atoms with Gasteiger partial charge >= 0.3 is 5.97 Å². The van der Waals surface area contributed by atoms with Gasteiger partial charge in [0, 0.05) is 17.1 Å². The van der Waals surface area contributed by atoms with Gasteiger partial charge in [-0.3, -0.25) is 9.59 Å². The van der Waals surface area contributed by atoms with Crippen LogP contribution in [0.3, 0.4) is 0 Å². The molecule has 0 bridgehead atoms. The highest BCUT2D eigenvalue weighted by Crippen LogP contribution is 2.14. The van der Waals surface area contributed by atoms with Crippen LogP contribution >= 0.6 is 11.6 Å². The van der Waals surface area contributed by atoms with E-state index >= 15 is 0 Å². The van der Waals surface area contributed by atoms with Crippen molar-refractivity contribution in [2.75, 3.05) is 5.32 Å². The van der Waals surface area contributed by atoms with Gasteiger partial charge in [-0.2, -0.15) is 0 Å². The maximum atomic E-state index is 11.8. The van der Waals surface area contributed by atoms with E-state index in [1.54, 1.807) is 24.3 Å². The van der Waals surface area contributed by atoms with Crippen molar-refractivity contribution in [3.63, 3.8) is 0 Å². The van der Waals surface area contributed by atoms with Crippen LogP contribution in [-0.4, -0.2) is 23.8 Å². The summed E-state index contributed by atoms with van der Waals surface area (Å²) >= 11 is 5.73. The number of hydrogen-bond donors (Lipinski definition) is 1. The molecule has 1 aromatic rings. The number of benzene rings is 1. The Morgan fingerprint density at radius 3 is 2.35 bits per heavy atom. The van der Waals surface area contributed by atoms with Gasteiger partial charge in [-0.1, -0.05) is 11.6 Å². The van der Waals surface area contributed by atoms with Crippen molar-refractivity contribution in [2.24, 2.45) is 0 Å². The Balaban J connectivity index is 2.44. The summed E-state index contributed by atoms with van der Waals surface area (Å²) in [6.45, 7) is 2.86. The highest BCUT2D eigenvalue weighted by Gasteiger charge is 2.18. The molecule has 0 aliphatic heterocycles. The fourth-order valence-electron chi connectivity index (χ4n) is 1.36. The monoisotopic (exact) mass is 297 g/mol. The summed E-state index contributed by atoms with van der Waals surface area (Å²) in [6.07, 6.45) is -0.830. The molecule has 1 amide bonds. The third kappa shape index (κ3) is 5.84. The van der Waals surface area contributed by atoms with E-state index in [0.717, 1.165) is 0 Å². The SMILES string of the molecule is CC(=O)CCC(=O)O[C@H](C)C(=O)Nc1ccc(Cl)cc1. The van der Waals surface area contributed by atoms with Crippen LogP contribution < -0.4 is 5.32 Å². The summed E-state index contributed by atoms with van der Waals surface area (Å²) in [5, 5.41) is 3.16. The topological polar surface area (TPSA) is 72.5 Å². The number of nitrogens with one attached hydrogen (secondary N) is 1. The van der Waals surface area contributed by atoms with E-state index < -0.39 is 18.0 Å². The Labute approximate surface area is 122 Å². The molecule has 1 atom stereocenters. The molecule has 20 heavy (non-hydrogen) atoms. The first-order valence-corrected chi connectivity index (χ1v) is 6.51. The largest absolute Gasteiger partial charge is 0.453 e. The van der Waals surface area contributed by atoms with Gasteiger partial charge in [0.1, 0.15) is 5.78 Å². The molecule has 0 fully saturated rings. The average molecular weight is 298 g/mol. The van der Waals surface area contributed by atoms with Gasteiger partial charge in [-0.15, -0.1) is 0 Å². The smallest absolute Gasteiger partial charge is 0.307 e. The first-order valence-electron chi connectivity index (χ1n) is 6.14. The third-order valence-electron chi connectivity index (χ3n) is 2.47. The zero-order valence-electron chi connectivity index (χ0n) is 11.3. The summed E-state index contributed by atoms with van der Waals surface area (Å²) in [6, 6.07) is 6.57. The molecule has 0 radical (unpaired) electrons. The fraction of sp³-hybridized carbons (Fsp3) is 0.357. The molecule has 0 spiro atoms. The van der Waals surface area contributed by atoms with E-state index in [9.17, 15) is 14.4 Å². The molecule has 0 aliphatic rings. The van der Waals surface area contributed by atoms with Crippen LogP contribution in [0.5, 0.6) is 0 Å². The Morgan fingerprint density at radius 2 is 1.80 bits per heavy atom. The van der Waals surface area contributed by atoms with Crippen molar-refractivity contribution in [1.82, 2.24) is 0 Å². The van der Waals surface area contributed by atoms with E-state index in [0.29, 0.717) is 10.7 Å². The van der Waals surface area contributed by atoms with E-state index in [-0.39, 0.29) is 18.6 Å². The normalized spacial score (nSPS) is 11.6. The molecule has 1 aromatic carbocycles. The first-order chi connectivity index (χ1) is 9.38. The van der Waals surface area contributed by atoms with Crippen LogP contribution in [0.2, 0.25) is 5.02 Å². The van der Waals surface area contributed by atoms with Gasteiger partial charge in [0.15, 0.2) is 6.10 Å². The van der Waals surface area contributed by atoms with Gasteiger partial charge in [0.05, 0.1) is 6.42 Å². The average Bonchev–Trinajstić information content (AvgIpc) is 2.39. The number of amides is 1. The highest BCUT2D eigenvalue weighted by molar-refractivity contribution is 6.30. The maximum Gasteiger partial charge on any atom is 0.307 e. The molecule has 0 heterocycles. The van der Waals surface area contributed by atoms with Gasteiger partial charge in [-0.05, 0) is 38.1 Å². The van der Waals surface area contributed by atoms with Crippen molar-refractivity contribution in [3.05, 3.63) is 29.3 Å². The van der Waals surface area contributed by atoms with Crippen LogP contribution in [0.15, 0.2) is 24.3 Å². The summed E-state index contributed by atoms with van der Waals surface area (Å²) < 4.78 is 4.93. The van der Waals surface area contributed by atoms with Crippen LogP contribution in [0.25, 0.3) is 0 Å². The van der Waals surface area contributed by atoms with Gasteiger partial charge in [0.25, 0.3) is 5.91 Å². The van der Waals surface area contributed by atoms with Gasteiger partial charge < -0.3 is 14.8 Å². The lowest BCUT2D eigenvalue weighted by Crippen LogP contribution is -2.30. The predicted octanol–water partition coefficient (Wildman–Crippen LogP) is 2.58. The Morgan fingerprint density at radius 1 is 1.20 bits per heavy atom. The van der Waals surface area contributed by atoms with Crippen LogP contribution in [0.4, 0.5) is 5.69 Å². The number of rotatable bonds is 6. The Bertz CT molecular complexity index is 498. The van der Waals surface area contributed by atoms with Crippen molar-refractivity contribution in [2.45, 2.75) is 32.8 Å². The minimum Gasteiger partial charge on any atom is -0.453 e. The zero-order chi connectivity index (χ0) is 15.1. The molecule has 6 heteroatoms. The molecular formula is C14H16ClNO4. The minimum atomic E-state index is -0.926. The number of esters is 1. The molecule has 0 saturated heterocycles. The molecular weight excluding hydrogens is 282 g/mol. The Hall–Kier alpha value is -1.88. The molecule has 1 rings (SSSR count). The maximum absolute atomic E-state index is 11.8. The molecule has 5 nitrogen and oxygen atoms in total. The van der Waals surface area contributed by atoms with E-state index in [4.69, 9.17) is 16.3 Å². The number of carbonyl (C=O) groups excluding carboxylic acids is 3. The number of ketones is 1. The van der Waals surface area contributed by atoms with Crippen LogP contribution in [-0.2, 0) is 19.1 Å². The number of Topliss-reactive ketones (excluding diaryl/α,β-unsaturated/α-hetero) is 1. The van der Waals surface area contributed by atoms with Crippen LogP contribution in [0.1, 0.15) is 26.7 Å². The number of anilines is 1. The lowest BCUT2D eigenvalue weighted by Gasteiger charge is -2.13. The van der Waals surface area contributed by atoms with E-state index in [1.165, 1.54) is 13.8 Å². The molecule has 0 aliphatic carbocycles. The second-order valence-electron chi connectivity index (χ2n) is 4.33. The highest BCUT2D eigenvalue weighted by atomic mass is 35.5. The molecule has 0 aromatic heterocycles. The summed E-state index contributed by atoms with van der Waals surface area (Å²) in [7, 11) is 0. The van der Waals surface area contributed by atoms with E-state index in [2.05, 4.69) is 5.32 Å². The van der Waals surface area contributed by atoms with Crippen molar-refractivity contribution < 1.29 is 19.1 Å². The first kappa shape index (κ1) is 16.2. The predicted molar refractivity (Wildman–Crippen MR) is 75.6 cm³/mol. The summed E-state index contributed by atoms with van der Waals surface area (Å²) in [5.74, 6) is -1.11. The second-order valence-corrected chi connectivity index (χ2v) is 4.77. The number of halogens is 1. The van der Waals surface area contributed by atoms with E-state index in [1.807, 2.05) is 0 Å². The standard InChI is InChI=1S/C14H16ClNO4/c1-9(17)3-8-13(18)20-10(2)14(19)16-12-6-4-11(15)5-7-12/h4-7,10H,3,8H2,1-2H3,(H,16,19)/t10-/m1/s1. The minimum absolute atomic E-state index is 0.0199. The molecule has 108 valence electrons. The zero-order valence-corrected chi connectivity index (χ0v) is 12.1. The summed E-state index contributed by atoms with van der Waals surface area (Å²) in [5.41, 5.74) is 0.561.